The van der Waals surface area contributed by atoms with Gasteiger partial charge in [0.2, 0.25) is 11.8 Å². The van der Waals surface area contributed by atoms with Crippen LogP contribution in [0.5, 0.6) is 0 Å². The molecule has 147 valence electrons. The summed E-state index contributed by atoms with van der Waals surface area (Å²) in [4.78, 5) is 38.8. The summed E-state index contributed by atoms with van der Waals surface area (Å²) in [6.45, 7) is 6.55. The molecule has 0 aromatic carbocycles. The number of amides is 2. The number of carbonyl (C=O) groups is 3. The minimum Gasteiger partial charge on any atom is -0.346 e. The minimum atomic E-state index is -0.448. The number of nitrogens with one attached hydrogen (secondary N) is 1. The van der Waals surface area contributed by atoms with E-state index in [0.29, 0.717) is 38.1 Å². The first-order valence-electron chi connectivity index (χ1n) is 10.4. The average molecular weight is 364 g/mol. The van der Waals surface area contributed by atoms with Gasteiger partial charge in [-0.3, -0.25) is 14.4 Å². The van der Waals surface area contributed by atoms with Crippen molar-refractivity contribution in [3.05, 3.63) is 6.92 Å². The van der Waals surface area contributed by atoms with E-state index in [1.807, 2.05) is 6.92 Å². The van der Waals surface area contributed by atoms with Crippen molar-refractivity contribution < 1.29 is 14.4 Å². The Hall–Kier alpha value is -1.39. The standard InChI is InChI=1S/C21H35N2O3/c1-3-16(2)14-20(25)22-18-10-7-13-23(15-19(18)24)21(26)12-11-17-8-5-4-6-9-17/h16-18H,1,3-15H2,2H3,(H,22,25)/t16-,18?/m0/s1. The van der Waals surface area contributed by atoms with Gasteiger partial charge in [-0.1, -0.05) is 52.4 Å². The maximum Gasteiger partial charge on any atom is 0.222 e. The summed E-state index contributed by atoms with van der Waals surface area (Å²) >= 11 is 0. The molecular formula is C21H35N2O3. The number of ketones is 1. The number of hydrogen-bond acceptors (Lipinski definition) is 3. The van der Waals surface area contributed by atoms with Gasteiger partial charge < -0.3 is 10.2 Å². The van der Waals surface area contributed by atoms with Crippen LogP contribution in [0.2, 0.25) is 0 Å². The van der Waals surface area contributed by atoms with Gasteiger partial charge in [0.15, 0.2) is 5.78 Å². The second-order valence-corrected chi connectivity index (χ2v) is 8.18. The molecule has 1 unspecified atom stereocenters. The fraction of sp³-hybridized carbons (Fsp3) is 0.810. The highest BCUT2D eigenvalue weighted by Crippen LogP contribution is 2.27. The zero-order chi connectivity index (χ0) is 18.9. The number of hydrogen-bond donors (Lipinski definition) is 1. The van der Waals surface area contributed by atoms with Gasteiger partial charge in [0, 0.05) is 19.4 Å². The Morgan fingerprint density at radius 3 is 2.62 bits per heavy atom. The largest absolute Gasteiger partial charge is 0.346 e. The van der Waals surface area contributed by atoms with Crippen molar-refractivity contribution in [3.63, 3.8) is 0 Å². The van der Waals surface area contributed by atoms with E-state index < -0.39 is 6.04 Å². The Morgan fingerprint density at radius 2 is 1.92 bits per heavy atom. The topological polar surface area (TPSA) is 66.5 Å². The second kappa shape index (κ2) is 10.7. The molecule has 1 radical (unpaired) electrons. The monoisotopic (exact) mass is 363 g/mol. The molecule has 0 aromatic rings. The van der Waals surface area contributed by atoms with E-state index in [1.165, 1.54) is 32.1 Å². The third-order valence-corrected chi connectivity index (χ3v) is 5.86. The molecule has 1 saturated carbocycles. The van der Waals surface area contributed by atoms with Crippen LogP contribution < -0.4 is 5.32 Å². The Balaban J connectivity index is 1.78. The van der Waals surface area contributed by atoms with Gasteiger partial charge in [-0.25, -0.2) is 0 Å². The zero-order valence-electron chi connectivity index (χ0n) is 16.3. The molecule has 2 fully saturated rings. The Labute approximate surface area is 158 Å². The molecule has 5 heteroatoms. The molecule has 0 aromatic heterocycles. The smallest absolute Gasteiger partial charge is 0.222 e. The zero-order valence-corrected chi connectivity index (χ0v) is 16.3. The number of Topliss-reactive ketones (excluding diaryl/α,β-unsaturated/α-hetero) is 1. The number of carbonyl (C=O) groups excluding carboxylic acids is 3. The molecule has 1 aliphatic heterocycles. The van der Waals surface area contributed by atoms with Crippen molar-refractivity contribution in [2.45, 2.75) is 83.6 Å². The molecule has 0 bridgehead atoms. The van der Waals surface area contributed by atoms with Crippen molar-refractivity contribution >= 4 is 17.6 Å². The minimum absolute atomic E-state index is 0.0378. The average Bonchev–Trinajstić information content (AvgIpc) is 2.82. The molecule has 1 saturated heterocycles. The van der Waals surface area contributed by atoms with Crippen molar-refractivity contribution in [3.8, 4) is 0 Å². The summed E-state index contributed by atoms with van der Waals surface area (Å²) in [6.07, 6.45) is 10.4. The molecule has 0 spiro atoms. The molecule has 26 heavy (non-hydrogen) atoms. The summed E-state index contributed by atoms with van der Waals surface area (Å²) in [7, 11) is 0. The Morgan fingerprint density at radius 1 is 1.19 bits per heavy atom. The Bertz CT molecular complexity index is 486. The lowest BCUT2D eigenvalue weighted by Crippen LogP contribution is -2.44. The van der Waals surface area contributed by atoms with Crippen LogP contribution in [-0.4, -0.2) is 41.6 Å². The molecule has 2 rings (SSSR count). The fourth-order valence-electron chi connectivity index (χ4n) is 4.02. The first kappa shape index (κ1) is 20.9. The number of rotatable bonds is 7. The summed E-state index contributed by atoms with van der Waals surface area (Å²) in [5.41, 5.74) is 0. The molecule has 2 amide bonds. The second-order valence-electron chi connectivity index (χ2n) is 8.18. The number of nitrogens with zero attached hydrogens (tertiary/aromatic N) is 1. The molecule has 2 aliphatic rings. The van der Waals surface area contributed by atoms with Crippen LogP contribution in [0.25, 0.3) is 0 Å². The van der Waals surface area contributed by atoms with Crippen LogP contribution in [0, 0.1) is 18.8 Å². The summed E-state index contributed by atoms with van der Waals surface area (Å²) in [5, 5.41) is 2.86. The van der Waals surface area contributed by atoms with Crippen molar-refractivity contribution in [2.24, 2.45) is 11.8 Å². The highest BCUT2D eigenvalue weighted by Gasteiger charge is 2.28. The fourth-order valence-corrected chi connectivity index (χ4v) is 4.02. The molecule has 2 atom stereocenters. The molecule has 1 N–H and O–H groups in total. The lowest BCUT2D eigenvalue weighted by molar-refractivity contribution is -0.135. The molecule has 1 aliphatic carbocycles. The van der Waals surface area contributed by atoms with Crippen LogP contribution in [0.3, 0.4) is 0 Å². The van der Waals surface area contributed by atoms with Crippen LogP contribution in [0.4, 0.5) is 0 Å². The van der Waals surface area contributed by atoms with Crippen LogP contribution in [0.1, 0.15) is 77.6 Å². The third-order valence-electron chi connectivity index (χ3n) is 5.86. The predicted octanol–water partition coefficient (Wildman–Crippen LogP) is 3.27. The van der Waals surface area contributed by atoms with Gasteiger partial charge in [-0.2, -0.15) is 0 Å². The van der Waals surface area contributed by atoms with E-state index in [2.05, 4.69) is 12.2 Å². The van der Waals surface area contributed by atoms with E-state index in [1.54, 1.807) is 4.90 Å². The molecule has 5 nitrogen and oxygen atoms in total. The van der Waals surface area contributed by atoms with E-state index in [4.69, 9.17) is 0 Å². The van der Waals surface area contributed by atoms with Gasteiger partial charge in [-0.15, -0.1) is 0 Å². The van der Waals surface area contributed by atoms with Crippen molar-refractivity contribution in [1.82, 2.24) is 10.2 Å². The van der Waals surface area contributed by atoms with E-state index in [9.17, 15) is 14.4 Å². The van der Waals surface area contributed by atoms with Gasteiger partial charge in [-0.05, 0) is 31.1 Å². The number of likely N-dealkylation sites (tertiary alicyclic amines) is 1. The lowest BCUT2D eigenvalue weighted by Gasteiger charge is -2.24. The summed E-state index contributed by atoms with van der Waals surface area (Å²) in [5.74, 6) is 0.869. The van der Waals surface area contributed by atoms with Crippen LogP contribution >= 0.6 is 0 Å². The van der Waals surface area contributed by atoms with Crippen LogP contribution in [-0.2, 0) is 14.4 Å². The van der Waals surface area contributed by atoms with Crippen molar-refractivity contribution in [1.29, 1.82) is 0 Å². The highest BCUT2D eigenvalue weighted by atomic mass is 16.2. The van der Waals surface area contributed by atoms with Gasteiger partial charge in [0.05, 0.1) is 12.6 Å². The highest BCUT2D eigenvalue weighted by molar-refractivity contribution is 5.93. The van der Waals surface area contributed by atoms with Gasteiger partial charge in [0.1, 0.15) is 0 Å². The maximum atomic E-state index is 12.5. The van der Waals surface area contributed by atoms with E-state index in [-0.39, 0.29) is 30.1 Å². The van der Waals surface area contributed by atoms with E-state index in [0.717, 1.165) is 12.8 Å². The van der Waals surface area contributed by atoms with Gasteiger partial charge >= 0.3 is 0 Å². The summed E-state index contributed by atoms with van der Waals surface area (Å²) in [6, 6.07) is -0.448. The van der Waals surface area contributed by atoms with Crippen molar-refractivity contribution in [2.75, 3.05) is 13.1 Å². The summed E-state index contributed by atoms with van der Waals surface area (Å²) < 4.78 is 0. The lowest BCUT2D eigenvalue weighted by atomic mass is 9.86. The first-order valence-corrected chi connectivity index (χ1v) is 10.4. The van der Waals surface area contributed by atoms with E-state index >= 15 is 0 Å². The predicted molar refractivity (Wildman–Crippen MR) is 102 cm³/mol. The van der Waals surface area contributed by atoms with Gasteiger partial charge in [0.25, 0.3) is 0 Å². The third kappa shape index (κ3) is 6.73. The quantitative estimate of drug-likeness (QED) is 0.755. The normalized spacial score (nSPS) is 23.4. The van der Waals surface area contributed by atoms with Crippen LogP contribution in [0.15, 0.2) is 0 Å². The first-order chi connectivity index (χ1) is 12.5. The SMILES string of the molecule is [CH2]C[C@H](C)CC(=O)NC1CCCN(C(=O)CCC2CCCCC2)CC1=O. The Kier molecular flexibility index (Phi) is 8.60. The maximum absolute atomic E-state index is 12.5. The molecular weight excluding hydrogens is 328 g/mol. The molecule has 1 heterocycles.